The van der Waals surface area contributed by atoms with E-state index < -0.39 is 6.04 Å². The average Bonchev–Trinajstić information content (AvgIpc) is 2.30. The second-order valence-corrected chi connectivity index (χ2v) is 3.97. The number of quaternary nitrogens is 1. The smallest absolute Gasteiger partial charge is 0.200 e. The van der Waals surface area contributed by atoms with Crippen molar-refractivity contribution >= 4 is 17.1 Å². The zero-order valence-electron chi connectivity index (χ0n) is 8.79. The van der Waals surface area contributed by atoms with Crippen LogP contribution in [0.1, 0.15) is 0 Å². The molecule has 5 heteroatoms. The molecule has 0 saturated heterocycles. The van der Waals surface area contributed by atoms with Crippen LogP contribution in [0.25, 0.3) is 0 Å². The van der Waals surface area contributed by atoms with Gasteiger partial charge in [0, 0.05) is 6.08 Å². The molecule has 0 amide bonds. The van der Waals surface area contributed by atoms with Gasteiger partial charge in [0.2, 0.25) is 0 Å². The van der Waals surface area contributed by atoms with Crippen LogP contribution in [-0.4, -0.2) is 22.0 Å². The third kappa shape index (κ3) is 1.44. The molecule has 5 nitrogen and oxygen atoms in total. The van der Waals surface area contributed by atoms with Gasteiger partial charge in [-0.15, -0.1) is 0 Å². The molecule has 2 aliphatic rings. The molecule has 1 aliphatic carbocycles. The number of aliphatic hydroxyl groups excluding tert-OH is 1. The number of hydrogen-bond acceptors (Lipinski definition) is 4. The molecule has 1 aromatic carbocycles. The minimum absolute atomic E-state index is 0.0428. The van der Waals surface area contributed by atoms with Gasteiger partial charge in [-0.3, -0.25) is 0 Å². The number of aromatic hydroxyl groups is 1. The van der Waals surface area contributed by atoms with Gasteiger partial charge in [-0.25, -0.2) is 4.99 Å². The SMILES string of the molecule is [O-][NH+]1c2c(O)cccc2N=C2C=CC(O)=CC21. The molecule has 0 bridgehead atoms. The number of hydrogen-bond donors (Lipinski definition) is 3. The Morgan fingerprint density at radius 2 is 2.06 bits per heavy atom. The maximum absolute atomic E-state index is 12.2. The number of phenolic OH excluding ortho intramolecular Hbond substituents is 1. The van der Waals surface area contributed by atoms with Gasteiger partial charge in [0.05, 0.1) is 0 Å². The second kappa shape index (κ2) is 3.44. The molecule has 1 aromatic rings. The highest BCUT2D eigenvalue weighted by molar-refractivity contribution is 6.04. The summed E-state index contributed by atoms with van der Waals surface area (Å²) in [7, 11) is 0. The zero-order valence-corrected chi connectivity index (χ0v) is 8.79. The van der Waals surface area contributed by atoms with Crippen LogP contribution < -0.4 is 5.06 Å². The van der Waals surface area contributed by atoms with E-state index in [1.165, 1.54) is 18.2 Å². The molecule has 2 unspecified atom stereocenters. The van der Waals surface area contributed by atoms with E-state index in [2.05, 4.69) is 4.99 Å². The fourth-order valence-electron chi connectivity index (χ4n) is 2.07. The van der Waals surface area contributed by atoms with Gasteiger partial charge in [-0.1, -0.05) is 6.07 Å². The third-order valence-electron chi connectivity index (χ3n) is 2.88. The molecule has 0 fully saturated rings. The molecule has 17 heavy (non-hydrogen) atoms. The van der Waals surface area contributed by atoms with Crippen molar-refractivity contribution < 1.29 is 15.3 Å². The molecule has 0 radical (unpaired) electrons. The summed E-state index contributed by atoms with van der Waals surface area (Å²) in [6, 6.07) is 4.19. The van der Waals surface area contributed by atoms with Crippen molar-refractivity contribution in [2.75, 3.05) is 0 Å². The Morgan fingerprint density at radius 1 is 1.24 bits per heavy atom. The van der Waals surface area contributed by atoms with E-state index in [9.17, 15) is 15.4 Å². The lowest BCUT2D eigenvalue weighted by Crippen LogP contribution is -3.08. The van der Waals surface area contributed by atoms with Crippen molar-refractivity contribution in [3.63, 3.8) is 0 Å². The predicted molar refractivity (Wildman–Crippen MR) is 62.8 cm³/mol. The summed E-state index contributed by atoms with van der Waals surface area (Å²) < 4.78 is 0. The minimum Gasteiger partial charge on any atom is -0.628 e. The number of allylic oxidation sites excluding steroid dienone is 1. The van der Waals surface area contributed by atoms with E-state index in [0.717, 1.165) is 0 Å². The van der Waals surface area contributed by atoms with Crippen molar-refractivity contribution in [1.82, 2.24) is 0 Å². The fraction of sp³-hybridized carbons (Fsp3) is 0.0833. The van der Waals surface area contributed by atoms with E-state index in [1.807, 2.05) is 0 Å². The van der Waals surface area contributed by atoms with Crippen LogP contribution in [0, 0.1) is 5.21 Å². The largest absolute Gasteiger partial charge is 0.628 e. The number of aliphatic hydroxyl groups is 1. The van der Waals surface area contributed by atoms with Gasteiger partial charge in [-0.2, -0.15) is 0 Å². The monoisotopic (exact) mass is 230 g/mol. The minimum atomic E-state index is -0.596. The van der Waals surface area contributed by atoms with Crippen molar-refractivity contribution in [3.8, 4) is 5.75 Å². The number of benzene rings is 1. The Hall–Kier alpha value is -2.11. The van der Waals surface area contributed by atoms with Crippen LogP contribution in [-0.2, 0) is 0 Å². The molecule has 0 saturated carbocycles. The summed E-state index contributed by atoms with van der Waals surface area (Å²) in [4.78, 5) is 4.31. The van der Waals surface area contributed by atoms with Gasteiger partial charge in [0.1, 0.15) is 17.2 Å². The predicted octanol–water partition coefficient (Wildman–Crippen LogP) is 0.873. The normalized spacial score (nSPS) is 25.7. The lowest BCUT2D eigenvalue weighted by molar-refractivity contribution is -0.786. The molecule has 2 atom stereocenters. The quantitative estimate of drug-likeness (QED) is 0.457. The lowest BCUT2D eigenvalue weighted by atomic mass is 10.0. The number of nitrogens with zero attached hydrogens (tertiary/aromatic N) is 1. The standard InChI is InChI=1S/C12H10N2O3/c15-7-4-5-8-10(6-7)14(17)12-9(13-8)2-1-3-11(12)16/h1-6,10,14-16H. The van der Waals surface area contributed by atoms with Gasteiger partial charge in [-0.05, 0) is 24.3 Å². The van der Waals surface area contributed by atoms with Crippen LogP contribution in [0.15, 0.2) is 47.2 Å². The van der Waals surface area contributed by atoms with Crippen molar-refractivity contribution in [2.24, 2.45) is 4.99 Å². The molecule has 3 rings (SSSR count). The summed E-state index contributed by atoms with van der Waals surface area (Å²) in [6.45, 7) is 0. The molecule has 0 spiro atoms. The summed E-state index contributed by atoms with van der Waals surface area (Å²) in [6.07, 6.45) is 4.55. The highest BCUT2D eigenvalue weighted by Crippen LogP contribution is 2.33. The number of hydroxylamine groups is 1. The number of aliphatic imine (C=N–C) groups is 1. The van der Waals surface area contributed by atoms with E-state index in [4.69, 9.17) is 0 Å². The second-order valence-electron chi connectivity index (χ2n) is 3.97. The van der Waals surface area contributed by atoms with Crippen molar-refractivity contribution in [1.29, 1.82) is 0 Å². The number of para-hydroxylation sites is 1. The zero-order chi connectivity index (χ0) is 12.0. The van der Waals surface area contributed by atoms with Gasteiger partial charge < -0.3 is 20.5 Å². The molecule has 3 N–H and O–H groups in total. The molecule has 86 valence electrons. The van der Waals surface area contributed by atoms with Crippen LogP contribution in [0.3, 0.4) is 0 Å². The molecular formula is C12H10N2O3. The average molecular weight is 230 g/mol. The summed E-state index contributed by atoms with van der Waals surface area (Å²) in [5.74, 6) is -0.0288. The first-order valence-electron chi connectivity index (χ1n) is 5.20. The number of phenols is 1. The molecular weight excluding hydrogens is 220 g/mol. The first kappa shape index (κ1) is 10.1. The van der Waals surface area contributed by atoms with Gasteiger partial charge in [0.25, 0.3) is 0 Å². The van der Waals surface area contributed by atoms with Crippen LogP contribution in [0.4, 0.5) is 11.4 Å². The fourth-order valence-corrected chi connectivity index (χ4v) is 2.07. The Labute approximate surface area is 97.2 Å². The first-order valence-corrected chi connectivity index (χ1v) is 5.20. The van der Waals surface area contributed by atoms with Crippen molar-refractivity contribution in [2.45, 2.75) is 6.04 Å². The van der Waals surface area contributed by atoms with E-state index in [0.29, 0.717) is 11.4 Å². The van der Waals surface area contributed by atoms with Crippen LogP contribution >= 0.6 is 0 Å². The maximum Gasteiger partial charge on any atom is 0.200 e. The van der Waals surface area contributed by atoms with Crippen LogP contribution in [0.5, 0.6) is 5.75 Å². The summed E-state index contributed by atoms with van der Waals surface area (Å²) in [5, 5.41) is 31.0. The summed E-state index contributed by atoms with van der Waals surface area (Å²) >= 11 is 0. The highest BCUT2D eigenvalue weighted by Gasteiger charge is 2.31. The van der Waals surface area contributed by atoms with Gasteiger partial charge in [0.15, 0.2) is 17.5 Å². The maximum atomic E-state index is 12.2. The molecule has 0 aromatic heterocycles. The van der Waals surface area contributed by atoms with E-state index in [1.54, 1.807) is 18.2 Å². The Kier molecular flexibility index (Phi) is 2.04. The Balaban J connectivity index is 2.20. The van der Waals surface area contributed by atoms with E-state index in [-0.39, 0.29) is 22.3 Å². The number of rotatable bonds is 0. The highest BCUT2D eigenvalue weighted by atomic mass is 16.5. The van der Waals surface area contributed by atoms with Crippen molar-refractivity contribution in [3.05, 3.63) is 47.4 Å². The molecule has 1 heterocycles. The van der Waals surface area contributed by atoms with E-state index >= 15 is 0 Å². The van der Waals surface area contributed by atoms with Crippen LogP contribution in [0.2, 0.25) is 0 Å². The first-order chi connectivity index (χ1) is 8.16. The Bertz CT molecular complexity index is 575. The van der Waals surface area contributed by atoms with Gasteiger partial charge >= 0.3 is 0 Å². The lowest BCUT2D eigenvalue weighted by Gasteiger charge is -2.34. The number of fused-ring (bicyclic) bond motifs is 2. The third-order valence-corrected chi connectivity index (χ3v) is 2.88. The topological polar surface area (TPSA) is 80.3 Å². The number of nitrogens with one attached hydrogen (secondary N) is 1. The molecule has 1 aliphatic heterocycles. The summed E-state index contributed by atoms with van der Waals surface area (Å²) in [5.41, 5.74) is 1.28. The Morgan fingerprint density at radius 3 is 2.88 bits per heavy atom.